The summed E-state index contributed by atoms with van der Waals surface area (Å²) in [6, 6.07) is 0. The molecule has 6 rings (SSSR count). The zero-order chi connectivity index (χ0) is 31.8. The monoisotopic (exact) mass is 622 g/mol. The average Bonchev–Trinajstić information content (AvgIpc) is 3.85. The van der Waals surface area contributed by atoms with Gasteiger partial charge in [-0.05, 0) is 124 Å². The van der Waals surface area contributed by atoms with E-state index in [9.17, 15) is 19.2 Å². The van der Waals surface area contributed by atoms with Crippen molar-refractivity contribution in [2.75, 3.05) is 33.0 Å². The molecule has 2 amide bonds. The second-order valence-electron chi connectivity index (χ2n) is 15.5. The topological polar surface area (TPSA) is 93.2 Å². The number of carbonyl (C=O) groups excluding carboxylic acids is 4. The normalized spacial score (nSPS) is 35.2. The Morgan fingerprint density at radius 2 is 1.00 bits per heavy atom. The Bertz CT molecular complexity index is 1110. The summed E-state index contributed by atoms with van der Waals surface area (Å²) >= 11 is 0. The van der Waals surface area contributed by atoms with Crippen LogP contribution in [0.2, 0.25) is 0 Å². The number of ether oxygens (including phenoxy) is 2. The maximum atomic E-state index is 13.1. The summed E-state index contributed by atoms with van der Waals surface area (Å²) in [5.74, 6) is 6.02. The molecule has 6 saturated carbocycles. The van der Waals surface area contributed by atoms with Crippen molar-refractivity contribution in [1.82, 2.24) is 9.80 Å². The lowest BCUT2D eigenvalue weighted by atomic mass is 9.76. The standard InChI is InChI=1S/C37H54N2O6/c1-22(2)36(42)38(13-11-34(40)44-19-26-15-24-17-32(26)30-9-5-7-28(24)30)21-39(37(43)23(3)4)14-12-35(41)45-20-27-16-25-18-33(27)31-10-6-8-29(25)31/h24-33H,1,3,5-21H2,2,4H3. The molecule has 0 saturated heterocycles. The molecule has 10 atom stereocenters. The van der Waals surface area contributed by atoms with Crippen molar-refractivity contribution in [3.63, 3.8) is 0 Å². The van der Waals surface area contributed by atoms with Crippen LogP contribution in [-0.2, 0) is 28.7 Å². The van der Waals surface area contributed by atoms with Crippen molar-refractivity contribution in [3.05, 3.63) is 24.3 Å². The molecule has 0 radical (unpaired) electrons. The van der Waals surface area contributed by atoms with Gasteiger partial charge in [0.2, 0.25) is 11.8 Å². The molecule has 0 spiro atoms. The molecule has 8 heteroatoms. The third-order valence-corrected chi connectivity index (χ3v) is 12.9. The Hall–Kier alpha value is -2.64. The molecule has 4 bridgehead atoms. The van der Waals surface area contributed by atoms with Gasteiger partial charge in [0.15, 0.2) is 0 Å². The van der Waals surface area contributed by atoms with Crippen LogP contribution in [0, 0.1) is 59.2 Å². The average molecular weight is 623 g/mol. The van der Waals surface area contributed by atoms with Crippen LogP contribution < -0.4 is 0 Å². The first kappa shape index (κ1) is 32.3. The molecule has 6 aliphatic rings. The maximum Gasteiger partial charge on any atom is 0.307 e. The van der Waals surface area contributed by atoms with Crippen molar-refractivity contribution in [2.45, 2.75) is 90.9 Å². The van der Waals surface area contributed by atoms with Crippen molar-refractivity contribution in [3.8, 4) is 0 Å². The molecule has 6 fully saturated rings. The van der Waals surface area contributed by atoms with Crippen molar-refractivity contribution in [2.24, 2.45) is 59.2 Å². The van der Waals surface area contributed by atoms with Gasteiger partial charge in [-0.25, -0.2) is 0 Å². The lowest BCUT2D eigenvalue weighted by Crippen LogP contribution is -2.46. The Balaban J connectivity index is 0.976. The van der Waals surface area contributed by atoms with Crippen LogP contribution in [0.25, 0.3) is 0 Å². The van der Waals surface area contributed by atoms with Gasteiger partial charge in [-0.2, -0.15) is 0 Å². The number of rotatable bonds is 14. The molecule has 45 heavy (non-hydrogen) atoms. The van der Waals surface area contributed by atoms with E-state index >= 15 is 0 Å². The summed E-state index contributed by atoms with van der Waals surface area (Å²) < 4.78 is 11.5. The highest BCUT2D eigenvalue weighted by Crippen LogP contribution is 2.62. The predicted molar refractivity (Wildman–Crippen MR) is 170 cm³/mol. The zero-order valence-electron chi connectivity index (χ0n) is 27.6. The highest BCUT2D eigenvalue weighted by molar-refractivity contribution is 5.94. The highest BCUT2D eigenvalue weighted by Gasteiger charge is 2.55. The predicted octanol–water partition coefficient (Wildman–Crippen LogP) is 5.76. The van der Waals surface area contributed by atoms with Gasteiger partial charge in [-0.3, -0.25) is 19.2 Å². The van der Waals surface area contributed by atoms with E-state index in [0.29, 0.717) is 48.0 Å². The molecular formula is C37H54N2O6. The second-order valence-corrected chi connectivity index (χ2v) is 15.5. The van der Waals surface area contributed by atoms with Crippen LogP contribution in [0.15, 0.2) is 24.3 Å². The number of fused-ring (bicyclic) bond motifs is 10. The third-order valence-electron chi connectivity index (χ3n) is 12.9. The van der Waals surface area contributed by atoms with E-state index < -0.39 is 0 Å². The number of nitrogens with zero attached hydrogens (tertiary/aromatic N) is 2. The summed E-state index contributed by atoms with van der Waals surface area (Å²) in [7, 11) is 0. The van der Waals surface area contributed by atoms with Crippen molar-refractivity contribution >= 4 is 23.8 Å². The van der Waals surface area contributed by atoms with Crippen LogP contribution in [0.5, 0.6) is 0 Å². The maximum absolute atomic E-state index is 13.1. The van der Waals surface area contributed by atoms with Gasteiger partial charge in [-0.15, -0.1) is 0 Å². The number of carbonyl (C=O) groups is 4. The molecule has 0 heterocycles. The van der Waals surface area contributed by atoms with Crippen LogP contribution in [0.1, 0.15) is 90.9 Å². The Labute approximate surface area is 269 Å². The number of amides is 2. The van der Waals surface area contributed by atoms with Gasteiger partial charge in [0.05, 0.1) is 32.7 Å². The molecule has 0 aromatic heterocycles. The van der Waals surface area contributed by atoms with E-state index in [0.717, 1.165) is 35.5 Å². The van der Waals surface area contributed by atoms with Crippen molar-refractivity contribution < 1.29 is 28.7 Å². The smallest absolute Gasteiger partial charge is 0.307 e. The summed E-state index contributed by atoms with van der Waals surface area (Å²) in [5, 5.41) is 0. The first-order valence-corrected chi connectivity index (χ1v) is 17.8. The third kappa shape index (κ3) is 6.76. The Morgan fingerprint density at radius 1 is 0.600 bits per heavy atom. The fourth-order valence-electron chi connectivity index (χ4n) is 11.0. The minimum atomic E-state index is -0.341. The van der Waals surface area contributed by atoms with Gasteiger partial charge in [0.1, 0.15) is 0 Å². The SMILES string of the molecule is C=C(C)C(=O)N(CCC(=O)OCC1CC2CC1C1CCCC21)CN(CCC(=O)OCC1CC2CC1C1CCCC21)C(=O)C(=C)C. The molecule has 6 aliphatic carbocycles. The van der Waals surface area contributed by atoms with E-state index in [1.54, 1.807) is 13.8 Å². The minimum absolute atomic E-state index is 0.0361. The lowest BCUT2D eigenvalue weighted by Gasteiger charge is -2.32. The largest absolute Gasteiger partial charge is 0.465 e. The summed E-state index contributed by atoms with van der Waals surface area (Å²) in [6.45, 7) is 11.9. The highest BCUT2D eigenvalue weighted by atomic mass is 16.5. The summed E-state index contributed by atoms with van der Waals surface area (Å²) in [5.41, 5.74) is 0.628. The van der Waals surface area contributed by atoms with E-state index in [2.05, 4.69) is 13.2 Å². The number of hydrogen-bond acceptors (Lipinski definition) is 6. The van der Waals surface area contributed by atoms with Gasteiger partial charge in [0, 0.05) is 24.2 Å². The fraction of sp³-hybridized carbons (Fsp3) is 0.784. The van der Waals surface area contributed by atoms with E-state index in [1.165, 1.54) is 74.0 Å². The summed E-state index contributed by atoms with van der Waals surface area (Å²) in [4.78, 5) is 54.7. The van der Waals surface area contributed by atoms with E-state index in [4.69, 9.17) is 9.47 Å². The van der Waals surface area contributed by atoms with Gasteiger partial charge < -0.3 is 19.3 Å². The quantitative estimate of drug-likeness (QED) is 0.139. The van der Waals surface area contributed by atoms with Crippen LogP contribution in [-0.4, -0.2) is 66.5 Å². The first-order chi connectivity index (χ1) is 21.6. The lowest BCUT2D eigenvalue weighted by molar-refractivity contribution is -0.147. The van der Waals surface area contributed by atoms with Crippen LogP contribution in [0.3, 0.4) is 0 Å². The molecule has 0 aromatic carbocycles. The molecule has 0 aliphatic heterocycles. The first-order valence-electron chi connectivity index (χ1n) is 17.8. The summed E-state index contributed by atoms with van der Waals surface area (Å²) in [6.07, 6.45) is 13.1. The fourth-order valence-corrected chi connectivity index (χ4v) is 11.0. The second kappa shape index (κ2) is 13.6. The minimum Gasteiger partial charge on any atom is -0.465 e. The molecule has 8 nitrogen and oxygen atoms in total. The van der Waals surface area contributed by atoms with Crippen LogP contribution >= 0.6 is 0 Å². The number of esters is 2. The molecule has 0 aromatic rings. The molecule has 248 valence electrons. The number of hydrogen-bond donors (Lipinski definition) is 0. The van der Waals surface area contributed by atoms with E-state index in [1.807, 2.05) is 0 Å². The Kier molecular flexibility index (Phi) is 9.77. The van der Waals surface area contributed by atoms with Crippen LogP contribution in [0.4, 0.5) is 0 Å². The molecule has 10 unspecified atom stereocenters. The van der Waals surface area contributed by atoms with E-state index in [-0.39, 0.29) is 56.4 Å². The molecular weight excluding hydrogens is 568 g/mol. The van der Waals surface area contributed by atoms with Gasteiger partial charge in [0.25, 0.3) is 0 Å². The van der Waals surface area contributed by atoms with Crippen molar-refractivity contribution in [1.29, 1.82) is 0 Å². The Morgan fingerprint density at radius 3 is 1.40 bits per heavy atom. The zero-order valence-corrected chi connectivity index (χ0v) is 27.6. The molecule has 0 N–H and O–H groups in total. The van der Waals surface area contributed by atoms with Gasteiger partial charge in [-0.1, -0.05) is 26.0 Å². The van der Waals surface area contributed by atoms with Gasteiger partial charge >= 0.3 is 11.9 Å².